The molecule has 0 saturated heterocycles. The SMILES string of the molecule is COC(=O)c1cc(NCCCOCC2CC2)ccc1N. The van der Waals surface area contributed by atoms with Crippen molar-refractivity contribution in [2.75, 3.05) is 37.9 Å². The monoisotopic (exact) mass is 278 g/mol. The smallest absolute Gasteiger partial charge is 0.340 e. The summed E-state index contributed by atoms with van der Waals surface area (Å²) >= 11 is 0. The van der Waals surface area contributed by atoms with Crippen LogP contribution in [0, 0.1) is 5.92 Å². The van der Waals surface area contributed by atoms with E-state index in [1.807, 2.05) is 6.07 Å². The number of ether oxygens (including phenoxy) is 2. The Morgan fingerprint density at radius 1 is 1.45 bits per heavy atom. The van der Waals surface area contributed by atoms with E-state index in [2.05, 4.69) is 5.32 Å². The van der Waals surface area contributed by atoms with Gasteiger partial charge in [0, 0.05) is 31.1 Å². The standard InChI is InChI=1S/C15H22N2O3/c1-19-15(18)13-9-12(5-6-14(13)16)17-7-2-8-20-10-11-3-4-11/h5-6,9,11,17H,2-4,7-8,10,16H2,1H3. The number of rotatable bonds is 8. The molecule has 1 saturated carbocycles. The normalized spacial score (nSPS) is 14.1. The van der Waals surface area contributed by atoms with Crippen LogP contribution in [0.3, 0.4) is 0 Å². The highest BCUT2D eigenvalue weighted by Gasteiger charge is 2.20. The zero-order valence-corrected chi connectivity index (χ0v) is 11.9. The summed E-state index contributed by atoms with van der Waals surface area (Å²) in [4.78, 5) is 11.5. The first-order chi connectivity index (χ1) is 9.70. The van der Waals surface area contributed by atoms with E-state index >= 15 is 0 Å². The Labute approximate surface area is 119 Å². The van der Waals surface area contributed by atoms with E-state index < -0.39 is 5.97 Å². The number of carbonyl (C=O) groups excluding carboxylic acids is 1. The Balaban J connectivity index is 1.72. The molecule has 0 amide bonds. The van der Waals surface area contributed by atoms with Crippen LogP contribution in [0.2, 0.25) is 0 Å². The van der Waals surface area contributed by atoms with Gasteiger partial charge in [0.25, 0.3) is 0 Å². The van der Waals surface area contributed by atoms with Crippen LogP contribution in [0.4, 0.5) is 11.4 Å². The van der Waals surface area contributed by atoms with Crippen molar-refractivity contribution < 1.29 is 14.3 Å². The first-order valence-corrected chi connectivity index (χ1v) is 7.00. The molecule has 0 atom stereocenters. The quantitative estimate of drug-likeness (QED) is 0.433. The molecule has 1 aliphatic rings. The van der Waals surface area contributed by atoms with E-state index in [4.69, 9.17) is 15.2 Å². The van der Waals surface area contributed by atoms with Crippen molar-refractivity contribution in [3.8, 4) is 0 Å². The maximum atomic E-state index is 11.5. The topological polar surface area (TPSA) is 73.6 Å². The molecule has 0 spiro atoms. The molecule has 0 unspecified atom stereocenters. The van der Waals surface area contributed by atoms with Gasteiger partial charge in [0.05, 0.1) is 12.7 Å². The Hall–Kier alpha value is -1.75. The maximum absolute atomic E-state index is 11.5. The lowest BCUT2D eigenvalue weighted by atomic mass is 10.1. The zero-order valence-electron chi connectivity index (χ0n) is 11.9. The molecule has 0 aliphatic heterocycles. The minimum absolute atomic E-state index is 0.391. The second-order valence-electron chi connectivity index (χ2n) is 5.09. The Bertz CT molecular complexity index is 458. The Kier molecular flexibility index (Phi) is 5.24. The fourth-order valence-corrected chi connectivity index (χ4v) is 1.89. The lowest BCUT2D eigenvalue weighted by molar-refractivity contribution is 0.0602. The number of anilines is 2. The largest absolute Gasteiger partial charge is 0.465 e. The number of nitrogens with two attached hydrogens (primary N) is 1. The fourth-order valence-electron chi connectivity index (χ4n) is 1.89. The highest BCUT2D eigenvalue weighted by atomic mass is 16.5. The number of hydrogen-bond acceptors (Lipinski definition) is 5. The first-order valence-electron chi connectivity index (χ1n) is 7.00. The molecule has 3 N–H and O–H groups in total. The van der Waals surface area contributed by atoms with Gasteiger partial charge in [0.1, 0.15) is 0 Å². The van der Waals surface area contributed by atoms with Gasteiger partial charge in [-0.2, -0.15) is 0 Å². The molecule has 0 heterocycles. The maximum Gasteiger partial charge on any atom is 0.340 e. The zero-order chi connectivity index (χ0) is 14.4. The lowest BCUT2D eigenvalue weighted by Gasteiger charge is -2.10. The number of hydrogen-bond donors (Lipinski definition) is 2. The third-order valence-electron chi connectivity index (χ3n) is 3.30. The predicted octanol–water partition coefficient (Wildman–Crippen LogP) is 2.28. The van der Waals surface area contributed by atoms with Gasteiger partial charge in [-0.15, -0.1) is 0 Å². The fraction of sp³-hybridized carbons (Fsp3) is 0.533. The van der Waals surface area contributed by atoms with Crippen LogP contribution in [-0.2, 0) is 9.47 Å². The minimum atomic E-state index is -0.418. The van der Waals surface area contributed by atoms with Gasteiger partial charge in [-0.05, 0) is 43.4 Å². The number of nitrogens with one attached hydrogen (secondary N) is 1. The summed E-state index contributed by atoms with van der Waals surface area (Å²) in [6, 6.07) is 5.28. The van der Waals surface area contributed by atoms with Crippen molar-refractivity contribution in [3.05, 3.63) is 23.8 Å². The van der Waals surface area contributed by atoms with Crippen molar-refractivity contribution in [3.63, 3.8) is 0 Å². The molecule has 1 fully saturated rings. The van der Waals surface area contributed by atoms with Gasteiger partial charge in [-0.1, -0.05) is 0 Å². The summed E-state index contributed by atoms with van der Waals surface area (Å²) in [5, 5.41) is 3.25. The van der Waals surface area contributed by atoms with Crippen LogP contribution in [-0.4, -0.2) is 32.8 Å². The third-order valence-corrected chi connectivity index (χ3v) is 3.30. The summed E-state index contributed by atoms with van der Waals surface area (Å²) in [7, 11) is 1.35. The molecule has 0 radical (unpaired) electrons. The van der Waals surface area contributed by atoms with E-state index in [1.54, 1.807) is 12.1 Å². The van der Waals surface area contributed by atoms with Crippen LogP contribution >= 0.6 is 0 Å². The number of esters is 1. The van der Waals surface area contributed by atoms with Gasteiger partial charge < -0.3 is 20.5 Å². The van der Waals surface area contributed by atoms with Gasteiger partial charge in [0.15, 0.2) is 0 Å². The summed E-state index contributed by atoms with van der Waals surface area (Å²) in [5.74, 6) is 0.390. The van der Waals surface area contributed by atoms with Gasteiger partial charge in [-0.25, -0.2) is 4.79 Å². The van der Waals surface area contributed by atoms with Crippen LogP contribution in [0.15, 0.2) is 18.2 Å². The summed E-state index contributed by atoms with van der Waals surface area (Å²) in [5.41, 5.74) is 7.43. The Morgan fingerprint density at radius 2 is 2.25 bits per heavy atom. The molecule has 1 aliphatic carbocycles. The predicted molar refractivity (Wildman–Crippen MR) is 78.8 cm³/mol. The lowest BCUT2D eigenvalue weighted by Crippen LogP contribution is -2.09. The van der Waals surface area contributed by atoms with Gasteiger partial charge in [0.2, 0.25) is 0 Å². The van der Waals surface area contributed by atoms with E-state index in [0.717, 1.165) is 37.8 Å². The minimum Gasteiger partial charge on any atom is -0.465 e. The van der Waals surface area contributed by atoms with Crippen LogP contribution < -0.4 is 11.1 Å². The van der Waals surface area contributed by atoms with Crippen molar-refractivity contribution >= 4 is 17.3 Å². The molecule has 0 bridgehead atoms. The second kappa shape index (κ2) is 7.14. The van der Waals surface area contributed by atoms with Crippen molar-refractivity contribution in [2.24, 2.45) is 5.92 Å². The van der Waals surface area contributed by atoms with Crippen LogP contribution in [0.1, 0.15) is 29.6 Å². The van der Waals surface area contributed by atoms with Crippen LogP contribution in [0.5, 0.6) is 0 Å². The number of benzene rings is 1. The molecular weight excluding hydrogens is 256 g/mol. The molecule has 5 heteroatoms. The van der Waals surface area contributed by atoms with E-state index in [0.29, 0.717) is 11.3 Å². The summed E-state index contributed by atoms with van der Waals surface area (Å²) in [6.45, 7) is 2.46. The van der Waals surface area contributed by atoms with E-state index in [1.165, 1.54) is 20.0 Å². The average molecular weight is 278 g/mol. The third kappa shape index (κ3) is 4.42. The molecule has 1 aromatic rings. The van der Waals surface area contributed by atoms with E-state index in [-0.39, 0.29) is 0 Å². The molecule has 0 aromatic heterocycles. The van der Waals surface area contributed by atoms with Crippen molar-refractivity contribution in [2.45, 2.75) is 19.3 Å². The molecular formula is C15H22N2O3. The van der Waals surface area contributed by atoms with E-state index in [9.17, 15) is 4.79 Å². The molecule has 1 aromatic carbocycles. The van der Waals surface area contributed by atoms with Crippen molar-refractivity contribution in [1.82, 2.24) is 0 Å². The molecule has 2 rings (SSSR count). The highest BCUT2D eigenvalue weighted by Crippen LogP contribution is 2.28. The molecule has 5 nitrogen and oxygen atoms in total. The highest BCUT2D eigenvalue weighted by molar-refractivity contribution is 5.96. The molecule has 110 valence electrons. The average Bonchev–Trinajstić information content (AvgIpc) is 3.27. The number of carbonyl (C=O) groups is 1. The van der Waals surface area contributed by atoms with Gasteiger partial charge in [-0.3, -0.25) is 0 Å². The summed E-state index contributed by atoms with van der Waals surface area (Å²) < 4.78 is 10.3. The van der Waals surface area contributed by atoms with Crippen molar-refractivity contribution in [1.29, 1.82) is 0 Å². The first kappa shape index (κ1) is 14.7. The van der Waals surface area contributed by atoms with Crippen LogP contribution in [0.25, 0.3) is 0 Å². The Morgan fingerprint density at radius 3 is 2.95 bits per heavy atom. The van der Waals surface area contributed by atoms with Gasteiger partial charge >= 0.3 is 5.97 Å². The number of nitrogen functional groups attached to an aromatic ring is 1. The summed E-state index contributed by atoms with van der Waals surface area (Å²) in [6.07, 6.45) is 3.57. The second-order valence-corrected chi connectivity index (χ2v) is 5.09. The number of methoxy groups -OCH3 is 1. The molecule has 20 heavy (non-hydrogen) atoms.